The third-order valence-corrected chi connectivity index (χ3v) is 6.71. The molecule has 2 aliphatic rings. The van der Waals surface area contributed by atoms with Gasteiger partial charge in [-0.05, 0) is 61.9 Å². The van der Waals surface area contributed by atoms with Gasteiger partial charge in [-0.1, -0.05) is 55.7 Å². The van der Waals surface area contributed by atoms with Gasteiger partial charge in [0.05, 0.1) is 11.6 Å². The first-order valence-electron chi connectivity index (χ1n) is 10.8. The number of aliphatic hydroxyl groups is 1. The Morgan fingerprint density at radius 3 is 2.27 bits per heavy atom. The van der Waals surface area contributed by atoms with Crippen LogP contribution < -0.4 is 0 Å². The maximum atomic E-state index is 13.2. The minimum absolute atomic E-state index is 0.0323. The lowest BCUT2D eigenvalue weighted by Gasteiger charge is -2.36. The van der Waals surface area contributed by atoms with Gasteiger partial charge in [0, 0.05) is 11.6 Å². The van der Waals surface area contributed by atoms with Crippen molar-refractivity contribution >= 4 is 17.4 Å². The highest BCUT2D eigenvalue weighted by molar-refractivity contribution is 6.46. The molecule has 0 bridgehead atoms. The third-order valence-electron chi connectivity index (χ3n) is 6.71. The van der Waals surface area contributed by atoms with Crippen LogP contribution in [0, 0.1) is 20.8 Å². The molecular formula is C26H29NO3. The van der Waals surface area contributed by atoms with Crippen LogP contribution in [0.25, 0.3) is 5.76 Å². The zero-order valence-corrected chi connectivity index (χ0v) is 17.9. The Labute approximate surface area is 178 Å². The van der Waals surface area contributed by atoms with Crippen molar-refractivity contribution in [2.75, 3.05) is 0 Å². The molecule has 4 heteroatoms. The van der Waals surface area contributed by atoms with Gasteiger partial charge in [-0.15, -0.1) is 0 Å². The number of carbonyl (C=O) groups excluding carboxylic acids is 2. The highest BCUT2D eigenvalue weighted by Crippen LogP contribution is 2.43. The fourth-order valence-electron chi connectivity index (χ4n) is 4.83. The van der Waals surface area contributed by atoms with Crippen molar-refractivity contribution < 1.29 is 14.7 Å². The monoisotopic (exact) mass is 403 g/mol. The normalized spacial score (nSPS) is 22.0. The maximum absolute atomic E-state index is 13.2. The average molecular weight is 404 g/mol. The summed E-state index contributed by atoms with van der Waals surface area (Å²) in [6, 6.07) is 13.0. The van der Waals surface area contributed by atoms with Gasteiger partial charge in [-0.2, -0.15) is 0 Å². The molecule has 1 heterocycles. The van der Waals surface area contributed by atoms with Crippen molar-refractivity contribution in [1.29, 1.82) is 0 Å². The molecule has 1 saturated heterocycles. The molecule has 0 radical (unpaired) electrons. The molecular weight excluding hydrogens is 374 g/mol. The van der Waals surface area contributed by atoms with Crippen molar-refractivity contribution in [3.05, 3.63) is 75.9 Å². The van der Waals surface area contributed by atoms with E-state index in [1.165, 1.54) is 0 Å². The summed E-state index contributed by atoms with van der Waals surface area (Å²) in [5, 5.41) is 11.2. The summed E-state index contributed by atoms with van der Waals surface area (Å²) in [6.45, 7) is 5.98. The van der Waals surface area contributed by atoms with Gasteiger partial charge in [0.2, 0.25) is 0 Å². The second-order valence-corrected chi connectivity index (χ2v) is 8.65. The van der Waals surface area contributed by atoms with Crippen molar-refractivity contribution in [3.8, 4) is 0 Å². The molecule has 1 amide bonds. The van der Waals surface area contributed by atoms with Crippen LogP contribution in [0.5, 0.6) is 0 Å². The van der Waals surface area contributed by atoms with Crippen molar-refractivity contribution in [1.82, 2.24) is 4.90 Å². The van der Waals surface area contributed by atoms with Crippen LogP contribution in [0.4, 0.5) is 0 Å². The van der Waals surface area contributed by atoms with E-state index >= 15 is 0 Å². The van der Waals surface area contributed by atoms with Gasteiger partial charge in [-0.25, -0.2) is 0 Å². The molecule has 1 N–H and O–H groups in total. The predicted octanol–water partition coefficient (Wildman–Crippen LogP) is 5.37. The van der Waals surface area contributed by atoms with Crippen molar-refractivity contribution in [3.63, 3.8) is 0 Å². The molecule has 1 aliphatic heterocycles. The molecule has 30 heavy (non-hydrogen) atoms. The summed E-state index contributed by atoms with van der Waals surface area (Å²) in [5.41, 5.74) is 4.86. The van der Waals surface area contributed by atoms with Crippen molar-refractivity contribution in [2.45, 2.75) is 65.0 Å². The lowest BCUT2D eigenvalue weighted by Crippen LogP contribution is -2.40. The molecule has 2 fully saturated rings. The van der Waals surface area contributed by atoms with Gasteiger partial charge >= 0.3 is 0 Å². The number of carbonyl (C=O) groups is 2. The minimum Gasteiger partial charge on any atom is -0.507 e. The largest absolute Gasteiger partial charge is 0.507 e. The van der Waals surface area contributed by atoms with E-state index < -0.39 is 17.7 Å². The number of hydrogen-bond donors (Lipinski definition) is 1. The van der Waals surface area contributed by atoms with E-state index in [2.05, 4.69) is 0 Å². The quantitative estimate of drug-likeness (QED) is 0.426. The Kier molecular flexibility index (Phi) is 5.50. The Morgan fingerprint density at radius 2 is 1.60 bits per heavy atom. The Balaban J connectivity index is 1.90. The summed E-state index contributed by atoms with van der Waals surface area (Å²) in [4.78, 5) is 28.2. The number of benzene rings is 2. The second kappa shape index (κ2) is 8.10. The molecule has 0 spiro atoms. The number of rotatable bonds is 3. The summed E-state index contributed by atoms with van der Waals surface area (Å²) in [7, 11) is 0. The standard InChI is InChI=1S/C26H29NO3/c1-16-13-14-19(15-18(16)3)24(28)22-23(21-12-8-7-9-17(21)2)27(26(30)25(22)29)20-10-5-4-6-11-20/h7-9,12-15,20,23,28H,4-6,10-11H2,1-3H3/b24-22+. The van der Waals surface area contributed by atoms with E-state index in [1.54, 1.807) is 4.90 Å². The predicted molar refractivity (Wildman–Crippen MR) is 118 cm³/mol. The van der Waals surface area contributed by atoms with Crippen LogP contribution in [0.2, 0.25) is 0 Å². The number of likely N-dealkylation sites (tertiary alicyclic amines) is 1. The first kappa shape index (κ1) is 20.4. The van der Waals surface area contributed by atoms with Gasteiger partial charge < -0.3 is 10.0 Å². The van der Waals surface area contributed by atoms with Crippen molar-refractivity contribution in [2.24, 2.45) is 0 Å². The minimum atomic E-state index is -0.579. The first-order chi connectivity index (χ1) is 14.4. The molecule has 1 saturated carbocycles. The molecule has 2 aromatic rings. The topological polar surface area (TPSA) is 57.6 Å². The van der Waals surface area contributed by atoms with E-state index in [9.17, 15) is 14.7 Å². The highest BCUT2D eigenvalue weighted by atomic mass is 16.3. The first-order valence-corrected chi connectivity index (χ1v) is 10.8. The number of aliphatic hydroxyl groups excluding tert-OH is 1. The van der Waals surface area contributed by atoms with Gasteiger partial charge in [0.25, 0.3) is 11.7 Å². The van der Waals surface area contributed by atoms with E-state index in [0.29, 0.717) is 5.56 Å². The average Bonchev–Trinajstić information content (AvgIpc) is 3.01. The molecule has 1 unspecified atom stereocenters. The zero-order valence-electron chi connectivity index (χ0n) is 17.9. The lowest BCUT2D eigenvalue weighted by molar-refractivity contribution is -0.141. The smallest absolute Gasteiger partial charge is 0.295 e. The number of aryl methyl sites for hydroxylation is 3. The van der Waals surface area contributed by atoms with Gasteiger partial charge in [-0.3, -0.25) is 9.59 Å². The maximum Gasteiger partial charge on any atom is 0.295 e. The van der Waals surface area contributed by atoms with Crippen LogP contribution in [-0.4, -0.2) is 27.7 Å². The van der Waals surface area contributed by atoms with E-state index in [4.69, 9.17) is 0 Å². The lowest BCUT2D eigenvalue weighted by atomic mass is 9.89. The van der Waals surface area contributed by atoms with Crippen LogP contribution >= 0.6 is 0 Å². The Bertz CT molecular complexity index is 1030. The Morgan fingerprint density at radius 1 is 0.900 bits per heavy atom. The summed E-state index contributed by atoms with van der Waals surface area (Å²) in [5.74, 6) is -1.15. The van der Waals surface area contributed by atoms with Crippen LogP contribution in [-0.2, 0) is 9.59 Å². The summed E-state index contributed by atoms with van der Waals surface area (Å²) < 4.78 is 0. The van der Waals surface area contributed by atoms with Crippen LogP contribution in [0.15, 0.2) is 48.0 Å². The Hall–Kier alpha value is -2.88. The summed E-state index contributed by atoms with van der Waals surface area (Å²) >= 11 is 0. The number of hydrogen-bond acceptors (Lipinski definition) is 3. The van der Waals surface area contributed by atoms with E-state index in [0.717, 1.165) is 54.4 Å². The SMILES string of the molecule is Cc1ccc(/C(O)=C2\C(=O)C(=O)N(C3CCCCC3)C2c2ccccc2C)cc1C. The highest BCUT2D eigenvalue weighted by Gasteiger charge is 2.49. The number of Topliss-reactive ketones (excluding diaryl/α,β-unsaturated/α-hetero) is 1. The number of amides is 1. The summed E-state index contributed by atoms with van der Waals surface area (Å²) in [6.07, 6.45) is 5.09. The van der Waals surface area contributed by atoms with Crippen LogP contribution in [0.1, 0.15) is 66.0 Å². The van der Waals surface area contributed by atoms with E-state index in [1.807, 2.05) is 63.2 Å². The number of ketones is 1. The van der Waals surface area contributed by atoms with Gasteiger partial charge in [0.15, 0.2) is 0 Å². The fraction of sp³-hybridized carbons (Fsp3) is 0.385. The second-order valence-electron chi connectivity index (χ2n) is 8.65. The molecule has 0 aromatic heterocycles. The third kappa shape index (κ3) is 3.45. The number of nitrogens with zero attached hydrogens (tertiary/aromatic N) is 1. The molecule has 156 valence electrons. The van der Waals surface area contributed by atoms with Crippen LogP contribution in [0.3, 0.4) is 0 Å². The molecule has 4 rings (SSSR count). The fourth-order valence-corrected chi connectivity index (χ4v) is 4.83. The molecule has 4 nitrogen and oxygen atoms in total. The molecule has 2 aromatic carbocycles. The van der Waals surface area contributed by atoms with Gasteiger partial charge in [0.1, 0.15) is 5.76 Å². The van der Waals surface area contributed by atoms with E-state index in [-0.39, 0.29) is 17.4 Å². The zero-order chi connectivity index (χ0) is 21.4. The molecule has 1 aliphatic carbocycles. The molecule has 1 atom stereocenters.